The Morgan fingerprint density at radius 1 is 1.22 bits per heavy atom. The second-order valence-corrected chi connectivity index (χ2v) is 10.8. The van der Waals surface area contributed by atoms with Crippen LogP contribution in [0.3, 0.4) is 0 Å². The number of piperazine rings is 1. The zero-order valence-electron chi connectivity index (χ0n) is 21.0. The molecule has 3 aromatic rings. The van der Waals surface area contributed by atoms with Gasteiger partial charge in [0.1, 0.15) is 16.8 Å². The first-order valence-corrected chi connectivity index (χ1v) is 13.3. The number of carbonyl (C=O) groups excluding carboxylic acids is 1. The third-order valence-corrected chi connectivity index (χ3v) is 7.92. The fourth-order valence-corrected chi connectivity index (χ4v) is 5.89. The lowest BCUT2D eigenvalue weighted by atomic mass is 10.0. The predicted octanol–water partition coefficient (Wildman–Crippen LogP) is 5.08. The number of nitrogens with one attached hydrogen (secondary N) is 1. The smallest absolute Gasteiger partial charge is 0.317 e. The lowest BCUT2D eigenvalue weighted by Gasteiger charge is -2.33. The monoisotopic (exact) mass is 501 g/mol. The van der Waals surface area contributed by atoms with E-state index in [9.17, 15) is 10.1 Å². The molecule has 8 heteroatoms. The van der Waals surface area contributed by atoms with E-state index in [1.807, 2.05) is 43.1 Å². The second kappa shape index (κ2) is 10.3. The van der Waals surface area contributed by atoms with Crippen LogP contribution in [0.15, 0.2) is 42.6 Å². The van der Waals surface area contributed by atoms with Gasteiger partial charge in [-0.1, -0.05) is 18.2 Å². The first-order chi connectivity index (χ1) is 17.4. The van der Waals surface area contributed by atoms with E-state index in [4.69, 9.17) is 4.74 Å². The maximum Gasteiger partial charge on any atom is 0.317 e. The van der Waals surface area contributed by atoms with Crippen molar-refractivity contribution in [3.05, 3.63) is 59.3 Å². The van der Waals surface area contributed by atoms with Crippen LogP contribution in [-0.2, 0) is 6.42 Å². The van der Waals surface area contributed by atoms with Crippen molar-refractivity contribution in [2.45, 2.75) is 38.8 Å². The minimum absolute atomic E-state index is 0.00441. The molecule has 1 aromatic heterocycles. The highest BCUT2D eigenvalue weighted by Gasteiger charge is 2.29. The molecule has 1 aliphatic heterocycles. The number of nitrogens with zero attached hydrogens (tertiary/aromatic N) is 4. The quantitative estimate of drug-likeness (QED) is 0.527. The fourth-order valence-electron chi connectivity index (χ4n) is 4.92. The van der Waals surface area contributed by atoms with Crippen molar-refractivity contribution in [2.24, 2.45) is 0 Å². The number of hydrogen-bond acceptors (Lipinski definition) is 6. The van der Waals surface area contributed by atoms with Crippen molar-refractivity contribution in [3.63, 3.8) is 0 Å². The minimum atomic E-state index is 0.00441. The van der Waals surface area contributed by atoms with Crippen LogP contribution in [0, 0.1) is 11.3 Å². The number of hydrogen-bond donors (Lipinski definition) is 1. The molecule has 2 aliphatic rings. The normalized spacial score (nSPS) is 17.6. The summed E-state index contributed by atoms with van der Waals surface area (Å²) in [4.78, 5) is 22.8. The number of likely N-dealkylation sites (N-methyl/N-ethyl adjacent to an activating group) is 1. The summed E-state index contributed by atoms with van der Waals surface area (Å²) in [7, 11) is 2.09. The Hall–Kier alpha value is -3.41. The molecule has 1 N–H and O–H groups in total. The number of thiazole rings is 1. The molecule has 0 saturated carbocycles. The molecule has 186 valence electrons. The van der Waals surface area contributed by atoms with E-state index in [0.29, 0.717) is 11.3 Å². The van der Waals surface area contributed by atoms with E-state index in [0.717, 1.165) is 54.5 Å². The van der Waals surface area contributed by atoms with Crippen molar-refractivity contribution in [1.82, 2.24) is 20.1 Å². The molecular weight excluding hydrogens is 470 g/mol. The molecular formula is C28H31N5O2S. The van der Waals surface area contributed by atoms with Gasteiger partial charge in [0.15, 0.2) is 0 Å². The lowest BCUT2D eigenvalue weighted by Crippen LogP contribution is -2.51. The first kappa shape index (κ1) is 24.3. The third-order valence-electron chi connectivity index (χ3n) is 6.84. The van der Waals surface area contributed by atoms with Crippen molar-refractivity contribution in [2.75, 3.05) is 33.2 Å². The molecule has 1 fully saturated rings. The molecule has 5 rings (SSSR count). The Morgan fingerprint density at radius 3 is 2.78 bits per heavy atom. The summed E-state index contributed by atoms with van der Waals surface area (Å²) in [6.45, 7) is 7.25. The number of rotatable bonds is 5. The number of urea groups is 1. The Bertz CT molecular complexity index is 1300. The van der Waals surface area contributed by atoms with Crippen LogP contribution in [0.4, 0.5) is 4.79 Å². The molecule has 2 aromatic carbocycles. The highest BCUT2D eigenvalue weighted by molar-refractivity contribution is 7.18. The van der Waals surface area contributed by atoms with Gasteiger partial charge in [0.25, 0.3) is 0 Å². The summed E-state index contributed by atoms with van der Waals surface area (Å²) in [5, 5.41) is 13.7. The molecule has 1 aliphatic carbocycles. The number of nitriles is 1. The number of aromatic nitrogens is 1. The fraction of sp³-hybridized carbons (Fsp3) is 0.393. The molecule has 2 amide bonds. The van der Waals surface area contributed by atoms with Gasteiger partial charge in [0.05, 0.1) is 22.6 Å². The summed E-state index contributed by atoms with van der Waals surface area (Å²) in [5.41, 5.74) is 5.08. The van der Waals surface area contributed by atoms with E-state index >= 15 is 0 Å². The Kier molecular flexibility index (Phi) is 6.95. The standard InChI is InChI=1S/C28H31N5O2S/c1-18(2)35-25-10-7-19(15-20(25)16-29)27-30-17-26(36-27)23-6-4-5-22-21(23)8-9-24(22)31-28(34)33-13-11-32(3)12-14-33/h4-7,10,15,17-18,24H,8-9,11-14H2,1-3H3,(H,31,34)/t24-/m0/s1. The highest BCUT2D eigenvalue weighted by Crippen LogP contribution is 2.41. The van der Waals surface area contributed by atoms with E-state index in [1.165, 1.54) is 16.7 Å². The molecule has 0 bridgehead atoms. The molecule has 2 heterocycles. The van der Waals surface area contributed by atoms with E-state index in [-0.39, 0.29) is 18.2 Å². The summed E-state index contributed by atoms with van der Waals surface area (Å²) in [6, 6.07) is 14.3. The average molecular weight is 502 g/mol. The van der Waals surface area contributed by atoms with Crippen LogP contribution < -0.4 is 10.1 Å². The van der Waals surface area contributed by atoms with Gasteiger partial charge in [0.2, 0.25) is 0 Å². The maximum absolute atomic E-state index is 12.9. The Balaban J connectivity index is 1.35. The topological polar surface area (TPSA) is 81.5 Å². The van der Waals surface area contributed by atoms with Crippen molar-refractivity contribution in [3.8, 4) is 32.8 Å². The van der Waals surface area contributed by atoms with Gasteiger partial charge in [-0.05, 0) is 68.6 Å². The van der Waals surface area contributed by atoms with Crippen LogP contribution >= 0.6 is 11.3 Å². The average Bonchev–Trinajstić information content (AvgIpc) is 3.52. The van der Waals surface area contributed by atoms with Gasteiger partial charge >= 0.3 is 6.03 Å². The van der Waals surface area contributed by atoms with Crippen LogP contribution in [0.2, 0.25) is 0 Å². The summed E-state index contributed by atoms with van der Waals surface area (Å²) < 4.78 is 5.76. The van der Waals surface area contributed by atoms with Crippen molar-refractivity contribution < 1.29 is 9.53 Å². The van der Waals surface area contributed by atoms with Crippen molar-refractivity contribution >= 4 is 17.4 Å². The predicted molar refractivity (Wildman–Crippen MR) is 142 cm³/mol. The van der Waals surface area contributed by atoms with E-state index in [1.54, 1.807) is 11.3 Å². The Morgan fingerprint density at radius 2 is 2.03 bits per heavy atom. The van der Waals surface area contributed by atoms with Gasteiger partial charge in [-0.25, -0.2) is 9.78 Å². The van der Waals surface area contributed by atoms with Gasteiger partial charge in [-0.15, -0.1) is 11.3 Å². The number of fused-ring (bicyclic) bond motifs is 1. The first-order valence-electron chi connectivity index (χ1n) is 12.5. The largest absolute Gasteiger partial charge is 0.490 e. The molecule has 0 radical (unpaired) electrons. The van der Waals surface area contributed by atoms with Gasteiger partial charge in [-0.3, -0.25) is 0 Å². The van der Waals surface area contributed by atoms with Crippen LogP contribution in [0.1, 0.15) is 43.0 Å². The van der Waals surface area contributed by atoms with E-state index < -0.39 is 0 Å². The minimum Gasteiger partial charge on any atom is -0.490 e. The number of carbonyl (C=O) groups is 1. The molecule has 36 heavy (non-hydrogen) atoms. The van der Waals surface area contributed by atoms with Crippen LogP contribution in [0.5, 0.6) is 5.75 Å². The molecule has 0 spiro atoms. The Labute approximate surface area is 216 Å². The number of amides is 2. The SMILES string of the molecule is CC(C)Oc1ccc(-c2ncc(-c3cccc4c3CC[C@@H]4NC(=O)N3CCN(C)CC3)s2)cc1C#N. The maximum atomic E-state index is 12.9. The molecule has 0 unspecified atom stereocenters. The van der Waals surface area contributed by atoms with Crippen LogP contribution in [0.25, 0.3) is 21.0 Å². The summed E-state index contributed by atoms with van der Waals surface area (Å²) in [6.07, 6.45) is 3.74. The molecule has 1 atom stereocenters. The van der Waals surface area contributed by atoms with Crippen molar-refractivity contribution in [1.29, 1.82) is 5.26 Å². The van der Waals surface area contributed by atoms with Crippen LogP contribution in [-0.4, -0.2) is 60.1 Å². The summed E-state index contributed by atoms with van der Waals surface area (Å²) >= 11 is 1.62. The van der Waals surface area contributed by atoms with Gasteiger partial charge < -0.3 is 19.9 Å². The number of benzene rings is 2. The molecule has 1 saturated heterocycles. The molecule has 7 nitrogen and oxygen atoms in total. The highest BCUT2D eigenvalue weighted by atomic mass is 32.1. The lowest BCUT2D eigenvalue weighted by molar-refractivity contribution is 0.151. The van der Waals surface area contributed by atoms with Gasteiger partial charge in [-0.2, -0.15) is 5.26 Å². The summed E-state index contributed by atoms with van der Waals surface area (Å²) in [5.74, 6) is 0.596. The third kappa shape index (κ3) is 4.95. The van der Waals surface area contributed by atoms with Gasteiger partial charge in [0, 0.05) is 37.9 Å². The zero-order valence-corrected chi connectivity index (χ0v) is 21.8. The van der Waals surface area contributed by atoms with E-state index in [2.05, 4.69) is 46.5 Å². The number of ether oxygens (including phenoxy) is 1. The zero-order chi connectivity index (χ0) is 25.2. The second-order valence-electron chi connectivity index (χ2n) is 9.72.